The second kappa shape index (κ2) is 9.98. The molecule has 0 fully saturated rings. The van der Waals surface area contributed by atoms with Gasteiger partial charge < -0.3 is 0 Å². The zero-order chi connectivity index (χ0) is 28.1. The first-order valence-corrected chi connectivity index (χ1v) is 14.4. The molecular weight excluding hydrogens is 496 g/mol. The first-order valence-electron chi connectivity index (χ1n) is 14.4. The predicted molar refractivity (Wildman–Crippen MR) is 168 cm³/mol. The monoisotopic (exact) mass is 530 g/mol. The van der Waals surface area contributed by atoms with Gasteiger partial charge in [0, 0.05) is 35.9 Å². The summed E-state index contributed by atoms with van der Waals surface area (Å²) in [7, 11) is 0. The standard InChI is InChI=1S/C39H34N2/c1-26-11-13-28(3)33(21-26)30-15-16-32-25-40-19-7-5-9-37(40)36-24-31(34-22-27(2)12-14-29(34)4)17-18-39(36)41-20-8-6-10-38(41)35(32)23-30/h5-24H,25H2,1-4H3/q+2. The van der Waals surface area contributed by atoms with Gasteiger partial charge in [-0.3, -0.25) is 0 Å². The summed E-state index contributed by atoms with van der Waals surface area (Å²) in [4.78, 5) is 0. The Balaban J connectivity index is 1.51. The summed E-state index contributed by atoms with van der Waals surface area (Å²) in [5.74, 6) is 0. The van der Waals surface area contributed by atoms with Gasteiger partial charge in [0.25, 0.3) is 0 Å². The van der Waals surface area contributed by atoms with Crippen molar-refractivity contribution >= 4 is 0 Å². The average molecular weight is 531 g/mol. The fourth-order valence-electron chi connectivity index (χ4n) is 6.25. The van der Waals surface area contributed by atoms with Gasteiger partial charge in [0.1, 0.15) is 5.56 Å². The molecule has 2 nitrogen and oxygen atoms in total. The molecule has 0 radical (unpaired) electrons. The van der Waals surface area contributed by atoms with Crippen LogP contribution in [-0.4, -0.2) is 0 Å². The molecule has 0 amide bonds. The molecule has 198 valence electrons. The molecule has 1 aliphatic rings. The van der Waals surface area contributed by atoms with Crippen molar-refractivity contribution < 1.29 is 9.13 Å². The Kier molecular flexibility index (Phi) is 6.12. The van der Waals surface area contributed by atoms with Crippen LogP contribution in [0.5, 0.6) is 0 Å². The predicted octanol–water partition coefficient (Wildman–Crippen LogP) is 8.51. The van der Waals surface area contributed by atoms with Crippen LogP contribution >= 0.6 is 0 Å². The molecule has 41 heavy (non-hydrogen) atoms. The van der Waals surface area contributed by atoms with Crippen LogP contribution in [0.1, 0.15) is 27.8 Å². The van der Waals surface area contributed by atoms with Crippen LogP contribution in [0.4, 0.5) is 0 Å². The van der Waals surface area contributed by atoms with E-state index in [1.165, 1.54) is 78.3 Å². The van der Waals surface area contributed by atoms with E-state index >= 15 is 0 Å². The van der Waals surface area contributed by atoms with E-state index in [0.717, 1.165) is 6.54 Å². The Morgan fingerprint density at radius 3 is 1.80 bits per heavy atom. The normalized spacial score (nSPS) is 11.8. The SMILES string of the molecule is Cc1ccc(C)c(-c2ccc3c(c2)-c2cccc[n+]2-c2ccc(-c4cc(C)ccc4C)cc2-c2cccc[n+]2C3)c1. The fourth-order valence-corrected chi connectivity index (χ4v) is 6.25. The second-order valence-electron chi connectivity index (χ2n) is 11.4. The number of pyridine rings is 2. The lowest BCUT2D eigenvalue weighted by Gasteiger charge is -2.12. The van der Waals surface area contributed by atoms with Crippen molar-refractivity contribution in [2.45, 2.75) is 34.2 Å². The maximum atomic E-state index is 2.40. The molecule has 6 aromatic rings. The first kappa shape index (κ1) is 25.2. The highest BCUT2D eigenvalue weighted by Gasteiger charge is 2.30. The van der Waals surface area contributed by atoms with Gasteiger partial charge in [0.05, 0.1) is 5.56 Å². The zero-order valence-electron chi connectivity index (χ0n) is 24.1. The maximum Gasteiger partial charge on any atom is 0.225 e. The quantitative estimate of drug-likeness (QED) is 0.198. The summed E-state index contributed by atoms with van der Waals surface area (Å²) in [6.07, 6.45) is 4.42. The van der Waals surface area contributed by atoms with Crippen LogP contribution in [0, 0.1) is 27.7 Å². The third-order valence-electron chi connectivity index (χ3n) is 8.47. The highest BCUT2D eigenvalue weighted by atomic mass is 15.0. The summed E-state index contributed by atoms with van der Waals surface area (Å²) in [5.41, 5.74) is 17.6. The molecule has 0 atom stereocenters. The summed E-state index contributed by atoms with van der Waals surface area (Å²) in [6.45, 7) is 9.54. The van der Waals surface area contributed by atoms with Crippen molar-refractivity contribution in [2.75, 3.05) is 0 Å². The van der Waals surface area contributed by atoms with Crippen LogP contribution in [0.2, 0.25) is 0 Å². The molecule has 0 N–H and O–H groups in total. The first-order chi connectivity index (χ1) is 20.0. The van der Waals surface area contributed by atoms with Gasteiger partial charge in [-0.1, -0.05) is 59.7 Å². The lowest BCUT2D eigenvalue weighted by molar-refractivity contribution is -0.677. The Morgan fingerprint density at radius 1 is 0.488 bits per heavy atom. The highest BCUT2D eigenvalue weighted by molar-refractivity contribution is 5.79. The molecular formula is C39H34N2+2. The smallest absolute Gasteiger partial charge is 0.194 e. The number of rotatable bonds is 2. The minimum Gasteiger partial charge on any atom is -0.194 e. The number of benzene rings is 4. The summed E-state index contributed by atoms with van der Waals surface area (Å²) in [5, 5.41) is 0. The number of hydrogen-bond acceptors (Lipinski definition) is 0. The van der Waals surface area contributed by atoms with Gasteiger partial charge in [-0.25, -0.2) is 0 Å². The lowest BCUT2D eigenvalue weighted by Crippen LogP contribution is -2.37. The van der Waals surface area contributed by atoms with Crippen molar-refractivity contribution in [3.8, 4) is 50.5 Å². The van der Waals surface area contributed by atoms with Crippen molar-refractivity contribution in [3.05, 3.63) is 149 Å². The third kappa shape index (κ3) is 4.46. The summed E-state index contributed by atoms with van der Waals surface area (Å²) in [6, 6.07) is 40.5. The van der Waals surface area contributed by atoms with E-state index in [4.69, 9.17) is 0 Å². The minimum atomic E-state index is 0.792. The van der Waals surface area contributed by atoms with Crippen LogP contribution in [-0.2, 0) is 6.54 Å². The Bertz CT molecular complexity index is 1960. The molecule has 0 spiro atoms. The number of aryl methyl sites for hydroxylation is 4. The molecule has 3 heterocycles. The van der Waals surface area contributed by atoms with Gasteiger partial charge in [0.2, 0.25) is 17.1 Å². The molecule has 0 bridgehead atoms. The summed E-state index contributed by atoms with van der Waals surface area (Å²) >= 11 is 0. The fraction of sp³-hybridized carbons (Fsp3) is 0.128. The third-order valence-corrected chi connectivity index (χ3v) is 8.47. The topological polar surface area (TPSA) is 7.76 Å². The van der Waals surface area contributed by atoms with E-state index in [1.807, 2.05) is 0 Å². The van der Waals surface area contributed by atoms with E-state index in [0.29, 0.717) is 0 Å². The van der Waals surface area contributed by atoms with Crippen LogP contribution in [0.3, 0.4) is 0 Å². The van der Waals surface area contributed by atoms with Crippen LogP contribution in [0.25, 0.3) is 50.5 Å². The average Bonchev–Trinajstić information content (AvgIpc) is 3.04. The molecule has 4 aromatic carbocycles. The van der Waals surface area contributed by atoms with Crippen molar-refractivity contribution in [1.29, 1.82) is 0 Å². The molecule has 2 heteroatoms. The zero-order valence-corrected chi connectivity index (χ0v) is 24.1. The van der Waals surface area contributed by atoms with E-state index in [-0.39, 0.29) is 0 Å². The van der Waals surface area contributed by atoms with E-state index in [2.05, 4.69) is 158 Å². The van der Waals surface area contributed by atoms with Gasteiger partial charge >= 0.3 is 0 Å². The molecule has 0 unspecified atom stereocenters. The van der Waals surface area contributed by atoms with E-state index < -0.39 is 0 Å². The van der Waals surface area contributed by atoms with E-state index in [1.54, 1.807) is 0 Å². The van der Waals surface area contributed by atoms with Gasteiger partial charge in [0.15, 0.2) is 18.9 Å². The molecule has 0 saturated heterocycles. The van der Waals surface area contributed by atoms with Gasteiger partial charge in [-0.15, -0.1) is 0 Å². The number of aromatic nitrogens is 2. The number of fused-ring (bicyclic) bond motifs is 7. The Labute approximate surface area is 242 Å². The van der Waals surface area contributed by atoms with Crippen molar-refractivity contribution in [2.24, 2.45) is 0 Å². The molecule has 0 saturated carbocycles. The number of nitrogens with zero attached hydrogens (tertiary/aromatic N) is 2. The molecule has 7 rings (SSSR count). The molecule has 1 aliphatic heterocycles. The molecule has 2 aromatic heterocycles. The van der Waals surface area contributed by atoms with Gasteiger partial charge in [-0.2, -0.15) is 9.13 Å². The maximum absolute atomic E-state index is 2.40. The number of hydrogen-bond donors (Lipinski definition) is 0. The van der Waals surface area contributed by atoms with Gasteiger partial charge in [-0.05, 0) is 91.4 Å². The lowest BCUT2D eigenvalue weighted by atomic mass is 9.93. The van der Waals surface area contributed by atoms with E-state index in [9.17, 15) is 0 Å². The van der Waals surface area contributed by atoms with Crippen molar-refractivity contribution in [3.63, 3.8) is 0 Å². The van der Waals surface area contributed by atoms with Crippen LogP contribution < -0.4 is 9.13 Å². The minimum absolute atomic E-state index is 0.792. The second-order valence-corrected chi connectivity index (χ2v) is 11.4. The summed E-state index contributed by atoms with van der Waals surface area (Å²) < 4.78 is 4.77. The largest absolute Gasteiger partial charge is 0.225 e. The highest BCUT2D eigenvalue weighted by Crippen LogP contribution is 2.35. The Hall–Kier alpha value is -4.82. The Morgan fingerprint density at radius 2 is 1.10 bits per heavy atom. The molecule has 0 aliphatic carbocycles. The van der Waals surface area contributed by atoms with Crippen LogP contribution in [0.15, 0.2) is 122 Å². The van der Waals surface area contributed by atoms with Crippen molar-refractivity contribution in [1.82, 2.24) is 0 Å².